The molecule has 5 N–H and O–H groups in total. The minimum absolute atomic E-state index is 0.0323. The van der Waals surface area contributed by atoms with Crippen molar-refractivity contribution in [3.63, 3.8) is 0 Å². The number of aliphatic hydroxyl groups excluding tert-OH is 1. The van der Waals surface area contributed by atoms with Gasteiger partial charge < -0.3 is 21.4 Å². The largest absolute Gasteiger partial charge is 0.409 e. The molecule has 0 radical (unpaired) electrons. The van der Waals surface area contributed by atoms with E-state index in [1.54, 1.807) is 0 Å². The van der Waals surface area contributed by atoms with Crippen LogP contribution in [0.25, 0.3) is 0 Å². The molecule has 0 heterocycles. The molecule has 0 saturated heterocycles. The zero-order valence-corrected chi connectivity index (χ0v) is 11.0. The van der Waals surface area contributed by atoms with Crippen LogP contribution < -0.4 is 11.1 Å². The number of nitrogens with one attached hydrogen (secondary N) is 1. The highest BCUT2D eigenvalue weighted by atomic mass is 16.4. The van der Waals surface area contributed by atoms with Crippen LogP contribution >= 0.6 is 0 Å². The third-order valence-electron chi connectivity index (χ3n) is 3.43. The summed E-state index contributed by atoms with van der Waals surface area (Å²) in [6.45, 7) is 3.71. The Kier molecular flexibility index (Phi) is 5.40. The Morgan fingerprint density at radius 3 is 2.33 bits per heavy atom. The number of nitrogens with zero attached hydrogens (tertiary/aromatic N) is 1. The van der Waals surface area contributed by atoms with E-state index in [1.807, 2.05) is 13.8 Å². The van der Waals surface area contributed by atoms with Crippen LogP contribution in [-0.2, 0) is 4.79 Å². The summed E-state index contributed by atoms with van der Waals surface area (Å²) in [7, 11) is 0. The fraction of sp³-hybridized carbons (Fsp3) is 0.833. The van der Waals surface area contributed by atoms with Gasteiger partial charge in [0.05, 0.1) is 6.10 Å². The van der Waals surface area contributed by atoms with Crippen LogP contribution in [-0.4, -0.2) is 34.2 Å². The predicted octanol–water partition coefficient (Wildman–Crippen LogP) is 0.425. The summed E-state index contributed by atoms with van der Waals surface area (Å²) in [5.41, 5.74) is 5.55. The summed E-state index contributed by atoms with van der Waals surface area (Å²) in [5, 5.41) is 23.9. The highest BCUT2D eigenvalue weighted by Crippen LogP contribution is 2.19. The van der Waals surface area contributed by atoms with Crippen molar-refractivity contribution in [1.29, 1.82) is 0 Å². The molecule has 0 aromatic carbocycles. The van der Waals surface area contributed by atoms with E-state index >= 15 is 0 Å². The molecule has 1 aliphatic carbocycles. The average molecular weight is 257 g/mol. The van der Waals surface area contributed by atoms with Crippen molar-refractivity contribution in [1.82, 2.24) is 5.32 Å². The van der Waals surface area contributed by atoms with Crippen LogP contribution in [0.2, 0.25) is 0 Å². The molecule has 1 fully saturated rings. The third-order valence-corrected chi connectivity index (χ3v) is 3.43. The summed E-state index contributed by atoms with van der Waals surface area (Å²) in [6.07, 6.45) is 2.71. The monoisotopic (exact) mass is 257 g/mol. The van der Waals surface area contributed by atoms with E-state index in [9.17, 15) is 9.90 Å². The minimum Gasteiger partial charge on any atom is -0.409 e. The maximum absolute atomic E-state index is 12.1. The first-order valence-corrected chi connectivity index (χ1v) is 6.41. The van der Waals surface area contributed by atoms with Crippen LogP contribution in [0.5, 0.6) is 0 Å². The molecule has 1 atom stereocenters. The summed E-state index contributed by atoms with van der Waals surface area (Å²) in [6, 6.07) is 0.0774. The van der Waals surface area contributed by atoms with Crippen LogP contribution in [0.4, 0.5) is 0 Å². The topological polar surface area (TPSA) is 108 Å². The van der Waals surface area contributed by atoms with E-state index < -0.39 is 5.92 Å². The summed E-state index contributed by atoms with van der Waals surface area (Å²) in [4.78, 5) is 12.1. The van der Waals surface area contributed by atoms with Crippen molar-refractivity contribution in [3.05, 3.63) is 0 Å². The zero-order chi connectivity index (χ0) is 13.7. The zero-order valence-electron chi connectivity index (χ0n) is 11.0. The normalized spacial score (nSPS) is 27.0. The van der Waals surface area contributed by atoms with Crippen LogP contribution in [0, 0.1) is 11.8 Å². The summed E-state index contributed by atoms with van der Waals surface area (Å²) < 4.78 is 0. The first-order valence-electron chi connectivity index (χ1n) is 6.41. The van der Waals surface area contributed by atoms with Crippen molar-refractivity contribution in [3.8, 4) is 0 Å². The Bertz CT molecular complexity index is 310. The van der Waals surface area contributed by atoms with E-state index in [1.165, 1.54) is 0 Å². The van der Waals surface area contributed by atoms with E-state index in [0.717, 1.165) is 12.8 Å². The van der Waals surface area contributed by atoms with Crippen molar-refractivity contribution >= 4 is 11.7 Å². The van der Waals surface area contributed by atoms with Gasteiger partial charge in [-0.3, -0.25) is 4.79 Å². The second-order valence-corrected chi connectivity index (χ2v) is 5.26. The number of hydrogen-bond donors (Lipinski definition) is 4. The van der Waals surface area contributed by atoms with Crippen LogP contribution in [0.1, 0.15) is 39.5 Å². The lowest BCUT2D eigenvalue weighted by Crippen LogP contribution is -2.47. The van der Waals surface area contributed by atoms with Gasteiger partial charge in [0, 0.05) is 6.04 Å². The molecule has 6 nitrogen and oxygen atoms in total. The fourth-order valence-electron chi connectivity index (χ4n) is 2.35. The van der Waals surface area contributed by atoms with E-state index in [-0.39, 0.29) is 29.8 Å². The Hall–Kier alpha value is -1.30. The number of oxime groups is 1. The van der Waals surface area contributed by atoms with Crippen molar-refractivity contribution in [2.45, 2.75) is 51.7 Å². The smallest absolute Gasteiger partial charge is 0.231 e. The maximum atomic E-state index is 12.1. The Morgan fingerprint density at radius 2 is 1.89 bits per heavy atom. The first kappa shape index (κ1) is 14.8. The van der Waals surface area contributed by atoms with E-state index in [0.29, 0.717) is 12.8 Å². The molecule has 1 aliphatic rings. The second-order valence-electron chi connectivity index (χ2n) is 5.26. The molecule has 1 amide bonds. The van der Waals surface area contributed by atoms with Gasteiger partial charge in [-0.2, -0.15) is 0 Å². The SMILES string of the molecule is CC(C)C(C(=O)NC1CCC(O)CC1)C(N)=NO. The van der Waals surface area contributed by atoms with Gasteiger partial charge in [-0.1, -0.05) is 19.0 Å². The molecule has 0 aliphatic heterocycles. The maximum Gasteiger partial charge on any atom is 0.231 e. The Morgan fingerprint density at radius 1 is 1.33 bits per heavy atom. The Balaban J connectivity index is 2.57. The lowest BCUT2D eigenvalue weighted by atomic mass is 9.90. The molecule has 1 unspecified atom stereocenters. The minimum atomic E-state index is -0.609. The molecular weight excluding hydrogens is 234 g/mol. The highest BCUT2D eigenvalue weighted by molar-refractivity contribution is 6.02. The quantitative estimate of drug-likeness (QED) is 0.253. The number of carbonyl (C=O) groups is 1. The van der Waals surface area contributed by atoms with Gasteiger partial charge in [-0.05, 0) is 31.6 Å². The summed E-state index contributed by atoms with van der Waals surface area (Å²) >= 11 is 0. The Labute approximate surface area is 107 Å². The molecule has 0 aromatic rings. The van der Waals surface area contributed by atoms with Gasteiger partial charge >= 0.3 is 0 Å². The number of amides is 1. The predicted molar refractivity (Wildman–Crippen MR) is 68.1 cm³/mol. The highest BCUT2D eigenvalue weighted by Gasteiger charge is 2.29. The number of aliphatic hydroxyl groups is 1. The average Bonchev–Trinajstić information content (AvgIpc) is 2.31. The van der Waals surface area contributed by atoms with Gasteiger partial charge in [0.25, 0.3) is 0 Å². The van der Waals surface area contributed by atoms with Crippen molar-refractivity contribution in [2.75, 3.05) is 0 Å². The standard InChI is InChI=1S/C12H23N3O3/c1-7(2)10(11(13)15-18)12(17)14-8-3-5-9(16)6-4-8/h7-10,16,18H,3-6H2,1-2H3,(H2,13,15)(H,14,17). The van der Waals surface area contributed by atoms with Gasteiger partial charge in [-0.25, -0.2) is 0 Å². The molecule has 1 saturated carbocycles. The van der Waals surface area contributed by atoms with Crippen molar-refractivity contribution in [2.24, 2.45) is 22.7 Å². The summed E-state index contributed by atoms with van der Waals surface area (Å²) in [5.74, 6) is -0.906. The van der Waals surface area contributed by atoms with Gasteiger partial charge in [0.15, 0.2) is 5.84 Å². The molecular formula is C12H23N3O3. The molecule has 0 spiro atoms. The third kappa shape index (κ3) is 3.87. The van der Waals surface area contributed by atoms with Crippen molar-refractivity contribution < 1.29 is 15.1 Å². The van der Waals surface area contributed by atoms with Gasteiger partial charge in [0.2, 0.25) is 5.91 Å². The number of rotatable bonds is 4. The molecule has 0 bridgehead atoms. The van der Waals surface area contributed by atoms with Gasteiger partial charge in [0.1, 0.15) is 5.92 Å². The molecule has 1 rings (SSSR count). The second kappa shape index (κ2) is 6.58. The molecule has 0 aromatic heterocycles. The molecule has 18 heavy (non-hydrogen) atoms. The lowest BCUT2D eigenvalue weighted by molar-refractivity contribution is -0.125. The van der Waals surface area contributed by atoms with E-state index in [2.05, 4.69) is 10.5 Å². The van der Waals surface area contributed by atoms with E-state index in [4.69, 9.17) is 10.9 Å². The first-order chi connectivity index (χ1) is 8.45. The fourth-order valence-corrected chi connectivity index (χ4v) is 2.35. The lowest BCUT2D eigenvalue weighted by Gasteiger charge is -2.28. The van der Waals surface area contributed by atoms with Crippen LogP contribution in [0.15, 0.2) is 5.16 Å². The number of nitrogens with two attached hydrogens (primary N) is 1. The number of hydrogen-bond acceptors (Lipinski definition) is 4. The molecule has 6 heteroatoms. The van der Waals surface area contributed by atoms with Crippen LogP contribution in [0.3, 0.4) is 0 Å². The number of amidine groups is 1. The van der Waals surface area contributed by atoms with Gasteiger partial charge in [-0.15, -0.1) is 0 Å². The number of carbonyl (C=O) groups excluding carboxylic acids is 1. The molecule has 104 valence electrons.